The van der Waals surface area contributed by atoms with E-state index >= 15 is 0 Å². The van der Waals surface area contributed by atoms with Gasteiger partial charge >= 0.3 is 5.97 Å². The van der Waals surface area contributed by atoms with Crippen molar-refractivity contribution in [2.45, 2.75) is 19.3 Å². The lowest BCUT2D eigenvalue weighted by Crippen LogP contribution is -2.38. The van der Waals surface area contributed by atoms with Crippen LogP contribution in [0.5, 0.6) is 5.75 Å². The van der Waals surface area contributed by atoms with E-state index in [9.17, 15) is 9.59 Å². The standard InChI is InChI=1S/C16H18N2O4/c17-10-13-6-2-3-7-14(13)21-12-16(20)22-11-15(19)18-8-4-1-5-9-18/h2-3,6-7H,1,4-5,8-9,11-12H2. The summed E-state index contributed by atoms with van der Waals surface area (Å²) in [5.74, 6) is -0.479. The molecule has 0 atom stereocenters. The molecule has 0 spiro atoms. The molecule has 1 aromatic rings. The van der Waals surface area contributed by atoms with E-state index in [1.807, 2.05) is 6.07 Å². The zero-order valence-electron chi connectivity index (χ0n) is 12.3. The molecule has 1 fully saturated rings. The summed E-state index contributed by atoms with van der Waals surface area (Å²) in [5.41, 5.74) is 0.347. The molecule has 1 amide bonds. The first-order valence-electron chi connectivity index (χ1n) is 7.26. The summed E-state index contributed by atoms with van der Waals surface area (Å²) in [6.07, 6.45) is 3.12. The zero-order valence-corrected chi connectivity index (χ0v) is 12.3. The molecule has 116 valence electrons. The molecule has 6 heteroatoms. The average molecular weight is 302 g/mol. The first-order valence-corrected chi connectivity index (χ1v) is 7.26. The van der Waals surface area contributed by atoms with Gasteiger partial charge in [-0.25, -0.2) is 4.79 Å². The van der Waals surface area contributed by atoms with Gasteiger partial charge < -0.3 is 14.4 Å². The van der Waals surface area contributed by atoms with Gasteiger partial charge in [0.2, 0.25) is 0 Å². The molecule has 1 aromatic carbocycles. The number of ether oxygens (including phenoxy) is 2. The van der Waals surface area contributed by atoms with Crippen LogP contribution in [0.3, 0.4) is 0 Å². The van der Waals surface area contributed by atoms with Gasteiger partial charge in [-0.3, -0.25) is 4.79 Å². The van der Waals surface area contributed by atoms with Crippen LogP contribution in [-0.4, -0.2) is 43.1 Å². The quantitative estimate of drug-likeness (QED) is 0.770. The summed E-state index contributed by atoms with van der Waals surface area (Å²) in [7, 11) is 0. The van der Waals surface area contributed by atoms with Gasteiger partial charge in [-0.2, -0.15) is 5.26 Å². The third-order valence-electron chi connectivity index (χ3n) is 3.42. The topological polar surface area (TPSA) is 79.6 Å². The van der Waals surface area contributed by atoms with Crippen molar-refractivity contribution in [1.82, 2.24) is 4.90 Å². The molecule has 0 unspecified atom stereocenters. The second kappa shape index (κ2) is 8.03. The average Bonchev–Trinajstić information content (AvgIpc) is 2.58. The molecule has 0 saturated carbocycles. The van der Waals surface area contributed by atoms with Crippen molar-refractivity contribution in [2.24, 2.45) is 0 Å². The van der Waals surface area contributed by atoms with Crippen molar-refractivity contribution < 1.29 is 19.1 Å². The molecule has 1 heterocycles. The molecule has 0 N–H and O–H groups in total. The van der Waals surface area contributed by atoms with Gasteiger partial charge in [-0.1, -0.05) is 12.1 Å². The summed E-state index contributed by atoms with van der Waals surface area (Å²) >= 11 is 0. The lowest BCUT2D eigenvalue weighted by molar-refractivity contribution is -0.154. The van der Waals surface area contributed by atoms with Gasteiger partial charge in [-0.05, 0) is 31.4 Å². The van der Waals surface area contributed by atoms with Crippen molar-refractivity contribution in [3.8, 4) is 11.8 Å². The maximum Gasteiger partial charge on any atom is 0.344 e. The molecule has 0 aromatic heterocycles. The van der Waals surface area contributed by atoms with E-state index in [0.717, 1.165) is 32.4 Å². The number of nitriles is 1. The fourth-order valence-electron chi connectivity index (χ4n) is 2.24. The Hall–Kier alpha value is -2.55. The van der Waals surface area contributed by atoms with Gasteiger partial charge in [0.05, 0.1) is 5.56 Å². The molecule has 1 aliphatic heterocycles. The number of carbonyl (C=O) groups excluding carboxylic acids is 2. The number of hydrogen-bond acceptors (Lipinski definition) is 5. The summed E-state index contributed by atoms with van der Waals surface area (Å²) in [5, 5.41) is 8.91. The number of amides is 1. The van der Waals surface area contributed by atoms with Crippen LogP contribution >= 0.6 is 0 Å². The number of nitrogens with zero attached hydrogens (tertiary/aromatic N) is 2. The number of likely N-dealkylation sites (tertiary alicyclic amines) is 1. The molecule has 0 aliphatic carbocycles. The SMILES string of the molecule is N#Cc1ccccc1OCC(=O)OCC(=O)N1CCCCC1. The third kappa shape index (κ3) is 4.48. The molecule has 1 aliphatic rings. The van der Waals surface area contributed by atoms with Crippen molar-refractivity contribution >= 4 is 11.9 Å². The van der Waals surface area contributed by atoms with Crippen molar-refractivity contribution in [3.63, 3.8) is 0 Å². The number of rotatable bonds is 5. The van der Waals surface area contributed by atoms with Crippen molar-refractivity contribution in [3.05, 3.63) is 29.8 Å². The fraction of sp³-hybridized carbons (Fsp3) is 0.438. The Morgan fingerprint density at radius 2 is 1.86 bits per heavy atom. The lowest BCUT2D eigenvalue weighted by atomic mass is 10.1. The molecule has 0 radical (unpaired) electrons. The van der Waals surface area contributed by atoms with E-state index in [-0.39, 0.29) is 19.1 Å². The highest BCUT2D eigenvalue weighted by atomic mass is 16.6. The predicted octanol–water partition coefficient (Wildman–Crippen LogP) is 1.49. The number of hydrogen-bond donors (Lipinski definition) is 0. The van der Waals surface area contributed by atoms with Gasteiger partial charge in [-0.15, -0.1) is 0 Å². The van der Waals surface area contributed by atoms with Crippen LogP contribution in [0, 0.1) is 11.3 Å². The summed E-state index contributed by atoms with van der Waals surface area (Å²) in [6, 6.07) is 8.59. The van der Waals surface area contributed by atoms with E-state index in [1.165, 1.54) is 0 Å². The molecule has 2 rings (SSSR count). The summed E-state index contributed by atoms with van der Waals surface area (Å²) in [4.78, 5) is 25.2. The predicted molar refractivity (Wildman–Crippen MR) is 78.0 cm³/mol. The first kappa shape index (κ1) is 15.8. The number of para-hydroxylation sites is 1. The maximum absolute atomic E-state index is 11.8. The minimum atomic E-state index is -0.627. The monoisotopic (exact) mass is 302 g/mol. The highest BCUT2D eigenvalue weighted by Gasteiger charge is 2.18. The molecule has 1 saturated heterocycles. The van der Waals surface area contributed by atoms with Crippen LogP contribution in [0.25, 0.3) is 0 Å². The summed E-state index contributed by atoms with van der Waals surface area (Å²) in [6.45, 7) is 0.860. The van der Waals surface area contributed by atoms with Crippen LogP contribution in [-0.2, 0) is 14.3 Å². The van der Waals surface area contributed by atoms with Crippen LogP contribution in [0.2, 0.25) is 0 Å². The Labute approximate surface area is 129 Å². The number of esters is 1. The smallest absolute Gasteiger partial charge is 0.344 e. The largest absolute Gasteiger partial charge is 0.481 e. The Bertz CT molecular complexity index is 574. The van der Waals surface area contributed by atoms with Gasteiger partial charge in [0.1, 0.15) is 11.8 Å². The Morgan fingerprint density at radius 1 is 1.14 bits per heavy atom. The number of carbonyl (C=O) groups is 2. The Morgan fingerprint density at radius 3 is 2.59 bits per heavy atom. The van der Waals surface area contributed by atoms with E-state index < -0.39 is 5.97 Å². The second-order valence-electron chi connectivity index (χ2n) is 5.00. The second-order valence-corrected chi connectivity index (χ2v) is 5.00. The molecular formula is C16H18N2O4. The zero-order chi connectivity index (χ0) is 15.8. The number of piperidine rings is 1. The Kier molecular flexibility index (Phi) is 5.78. The highest BCUT2D eigenvalue weighted by Crippen LogP contribution is 2.16. The highest BCUT2D eigenvalue weighted by molar-refractivity contribution is 5.81. The van der Waals surface area contributed by atoms with E-state index in [1.54, 1.807) is 29.2 Å². The maximum atomic E-state index is 11.8. The Balaban J connectivity index is 1.74. The molecule has 22 heavy (non-hydrogen) atoms. The van der Waals surface area contributed by atoms with Crippen LogP contribution in [0.15, 0.2) is 24.3 Å². The number of benzene rings is 1. The molecule has 0 bridgehead atoms. The molecule has 6 nitrogen and oxygen atoms in total. The van der Waals surface area contributed by atoms with E-state index in [0.29, 0.717) is 11.3 Å². The van der Waals surface area contributed by atoms with Crippen LogP contribution < -0.4 is 4.74 Å². The minimum Gasteiger partial charge on any atom is -0.481 e. The van der Waals surface area contributed by atoms with Gasteiger partial charge in [0.25, 0.3) is 5.91 Å². The van der Waals surface area contributed by atoms with Crippen molar-refractivity contribution in [2.75, 3.05) is 26.3 Å². The van der Waals surface area contributed by atoms with Crippen LogP contribution in [0.4, 0.5) is 0 Å². The van der Waals surface area contributed by atoms with Crippen molar-refractivity contribution in [1.29, 1.82) is 5.26 Å². The summed E-state index contributed by atoms with van der Waals surface area (Å²) < 4.78 is 10.2. The van der Waals surface area contributed by atoms with Gasteiger partial charge in [0.15, 0.2) is 13.2 Å². The molecular weight excluding hydrogens is 284 g/mol. The van der Waals surface area contributed by atoms with Gasteiger partial charge in [0, 0.05) is 13.1 Å². The third-order valence-corrected chi connectivity index (χ3v) is 3.42. The first-order chi connectivity index (χ1) is 10.7. The minimum absolute atomic E-state index is 0.175. The normalized spacial score (nSPS) is 14.0. The van der Waals surface area contributed by atoms with E-state index in [2.05, 4.69) is 0 Å². The van der Waals surface area contributed by atoms with E-state index in [4.69, 9.17) is 14.7 Å². The lowest BCUT2D eigenvalue weighted by Gasteiger charge is -2.26. The fourth-order valence-corrected chi connectivity index (χ4v) is 2.24. The van der Waals surface area contributed by atoms with Crippen LogP contribution in [0.1, 0.15) is 24.8 Å².